The third-order valence-electron chi connectivity index (χ3n) is 5.26. The number of hydrogen-bond acceptors (Lipinski definition) is 6. The summed E-state index contributed by atoms with van der Waals surface area (Å²) in [6.07, 6.45) is 27.1. The summed E-state index contributed by atoms with van der Waals surface area (Å²) in [6.45, 7) is 16.1. The van der Waals surface area contributed by atoms with E-state index < -0.39 is 18.6 Å². The summed E-state index contributed by atoms with van der Waals surface area (Å²) in [5, 5.41) is 10.3. The minimum atomic E-state index is -4.94. The molecular formula is C26H44ClO6SiZr-. The molecule has 0 heterocycles. The van der Waals surface area contributed by atoms with Gasteiger partial charge in [0.25, 0.3) is 0 Å². The van der Waals surface area contributed by atoms with Crippen molar-refractivity contribution in [2.24, 2.45) is 5.92 Å². The number of hydrogen-bond donors (Lipinski definition) is 1. The third kappa shape index (κ3) is 29.3. The zero-order valence-corrected chi connectivity index (χ0v) is 26.5. The Kier molecular flexibility index (Phi) is 26.4. The smallest absolute Gasteiger partial charge is 0.191 e. The van der Waals surface area contributed by atoms with E-state index in [1.807, 2.05) is 70.3 Å². The second-order valence-electron chi connectivity index (χ2n) is 9.41. The Morgan fingerprint density at radius 2 is 1.23 bits per heavy atom. The van der Waals surface area contributed by atoms with Gasteiger partial charge in [-0.05, 0) is 88.8 Å². The summed E-state index contributed by atoms with van der Waals surface area (Å²) in [7, 11) is -6.64. The number of aliphatic hydroxyl groups is 1. The van der Waals surface area contributed by atoms with Gasteiger partial charge >= 0.3 is 0 Å². The molecule has 0 saturated heterocycles. The van der Waals surface area contributed by atoms with Crippen molar-refractivity contribution in [3.05, 3.63) is 76.4 Å². The molecule has 35 heavy (non-hydrogen) atoms. The van der Waals surface area contributed by atoms with E-state index in [0.717, 1.165) is 6.42 Å². The van der Waals surface area contributed by atoms with E-state index in [0.29, 0.717) is 6.61 Å². The molecule has 2 fully saturated rings. The van der Waals surface area contributed by atoms with Crippen LogP contribution in [0.4, 0.5) is 0 Å². The monoisotopic (exact) mass is 605 g/mol. The molecule has 2 saturated carbocycles. The van der Waals surface area contributed by atoms with Crippen LogP contribution >= 0.6 is 0 Å². The first-order valence-electron chi connectivity index (χ1n) is 11.6. The van der Waals surface area contributed by atoms with Crippen molar-refractivity contribution in [3.8, 4) is 0 Å². The normalized spacial score (nSPS) is 17.7. The predicted octanol–water partition coefficient (Wildman–Crippen LogP) is 2.04. The van der Waals surface area contributed by atoms with Crippen LogP contribution in [0, 0.1) is 80.4 Å². The molecule has 0 aromatic rings. The number of halogens is 1. The fourth-order valence-electron chi connectivity index (χ4n) is 2.04. The Labute approximate surface area is 238 Å². The summed E-state index contributed by atoms with van der Waals surface area (Å²) in [5.41, 5.74) is 0. The quantitative estimate of drug-likeness (QED) is 0.256. The molecule has 2 aliphatic rings. The standard InChI is InChI=1S/C16H34O2Si.2C5H5.ClHO4.Zr/c1-8-9-10-11-12-15(17)14(2)13-18-19(6,7)16(3,4)5;2*1-2-4-5-3-1;2-1(3,4)5;/h11-12,14-15,17H,8-10,13H2,1-7H3;2*1-5H;(H,2,3,4,5);/p-1/b12-11+;;;;. The van der Waals surface area contributed by atoms with Gasteiger partial charge in [0.05, 0.1) is 6.10 Å². The van der Waals surface area contributed by atoms with E-state index in [4.69, 9.17) is 23.1 Å². The van der Waals surface area contributed by atoms with Crippen LogP contribution in [0.15, 0.2) is 12.2 Å². The van der Waals surface area contributed by atoms with Crippen LogP contribution in [0.25, 0.3) is 0 Å². The maximum absolute atomic E-state index is 10.1. The maximum Gasteiger partial charge on any atom is 0.191 e. The van der Waals surface area contributed by atoms with Crippen molar-refractivity contribution in [3.63, 3.8) is 0 Å². The van der Waals surface area contributed by atoms with Crippen LogP contribution in [0.5, 0.6) is 0 Å². The number of aliphatic hydroxyl groups excluding tert-OH is 1. The molecule has 6 nitrogen and oxygen atoms in total. The average molecular weight is 607 g/mol. The minimum absolute atomic E-state index is 0. The summed E-state index contributed by atoms with van der Waals surface area (Å²) in [4.78, 5) is 0. The molecule has 0 bridgehead atoms. The van der Waals surface area contributed by atoms with E-state index in [-0.39, 0.29) is 43.3 Å². The van der Waals surface area contributed by atoms with Crippen LogP contribution in [-0.4, -0.2) is 26.1 Å². The van der Waals surface area contributed by atoms with Gasteiger partial charge in [0, 0.05) is 38.7 Å². The predicted molar refractivity (Wildman–Crippen MR) is 130 cm³/mol. The Morgan fingerprint density at radius 3 is 1.51 bits per heavy atom. The Balaban J connectivity index is -0.000000509. The Morgan fingerprint density at radius 1 is 0.886 bits per heavy atom. The first-order valence-corrected chi connectivity index (χ1v) is 15.7. The van der Waals surface area contributed by atoms with E-state index in [2.05, 4.69) is 53.8 Å². The van der Waals surface area contributed by atoms with Crippen molar-refractivity contribution < 1.29 is 64.6 Å². The SMILES string of the molecule is CCCC/C=C/C(O)C(C)CO[Si](C)(C)C(C)(C)C.[CH]1[CH][CH][CH][CH]1.[CH]1[CH][CH][CH][CH]1.[O-][Cl+3]([O-])([O-])[O-].[Zr]. The molecule has 0 spiro atoms. The summed E-state index contributed by atoms with van der Waals surface area (Å²) in [6, 6.07) is 0. The molecule has 2 rings (SSSR count). The average Bonchev–Trinajstić information content (AvgIpc) is 3.45. The second-order valence-corrected chi connectivity index (χ2v) is 15.0. The zero-order chi connectivity index (χ0) is 26.7. The van der Waals surface area contributed by atoms with Crippen LogP contribution in [0.3, 0.4) is 0 Å². The molecule has 10 radical (unpaired) electrons. The van der Waals surface area contributed by atoms with Gasteiger partial charge in [0.1, 0.15) is 0 Å². The Hall–Kier alpha value is 0.890. The van der Waals surface area contributed by atoms with Gasteiger partial charge in [-0.1, -0.05) is 59.6 Å². The van der Waals surface area contributed by atoms with Crippen LogP contribution in [-0.2, 0) is 30.6 Å². The van der Waals surface area contributed by atoms with Crippen molar-refractivity contribution >= 4 is 8.32 Å². The van der Waals surface area contributed by atoms with Gasteiger partial charge in [-0.15, -0.1) is 10.2 Å². The van der Waals surface area contributed by atoms with Gasteiger partial charge in [-0.2, -0.15) is 0 Å². The Bertz CT molecular complexity index is 456. The molecule has 9 heteroatoms. The summed E-state index contributed by atoms with van der Waals surface area (Å²) in [5.74, 6) is 0.159. The van der Waals surface area contributed by atoms with Crippen molar-refractivity contribution in [2.75, 3.05) is 6.61 Å². The number of unbranched alkanes of at least 4 members (excludes halogenated alkanes) is 2. The molecular weight excluding hydrogens is 563 g/mol. The molecule has 2 atom stereocenters. The molecule has 200 valence electrons. The first kappa shape index (κ1) is 40.4. The van der Waals surface area contributed by atoms with Gasteiger partial charge in [-0.3, -0.25) is 0 Å². The minimum Gasteiger partial charge on any atom is -0.416 e. The second kappa shape index (κ2) is 22.8. The fraction of sp³-hybridized carbons (Fsp3) is 0.538. The summed E-state index contributed by atoms with van der Waals surface area (Å²) < 4.78 is 40.1. The topological polar surface area (TPSA) is 122 Å². The third-order valence-corrected chi connectivity index (χ3v) is 9.77. The molecule has 1 N–H and O–H groups in total. The molecule has 0 aromatic carbocycles. The van der Waals surface area contributed by atoms with Crippen molar-refractivity contribution in [1.29, 1.82) is 0 Å². The number of rotatable bonds is 8. The van der Waals surface area contributed by atoms with Gasteiger partial charge < -0.3 is 9.53 Å². The maximum atomic E-state index is 10.1. The van der Waals surface area contributed by atoms with E-state index in [9.17, 15) is 5.11 Å². The van der Waals surface area contributed by atoms with E-state index in [1.165, 1.54) is 12.8 Å². The van der Waals surface area contributed by atoms with Crippen molar-refractivity contribution in [2.45, 2.75) is 78.1 Å². The molecule has 0 aromatic heterocycles. The van der Waals surface area contributed by atoms with Crippen LogP contribution < -0.4 is 18.6 Å². The van der Waals surface area contributed by atoms with Crippen LogP contribution in [0.1, 0.15) is 53.9 Å². The molecule has 2 aliphatic carbocycles. The fourth-order valence-corrected chi connectivity index (χ4v) is 3.16. The van der Waals surface area contributed by atoms with Gasteiger partial charge in [-0.25, -0.2) is 18.6 Å². The van der Waals surface area contributed by atoms with Crippen molar-refractivity contribution in [1.82, 2.24) is 0 Å². The molecule has 0 aliphatic heterocycles. The van der Waals surface area contributed by atoms with Crippen LogP contribution in [0.2, 0.25) is 18.1 Å². The first-order chi connectivity index (χ1) is 15.6. The van der Waals surface area contributed by atoms with Gasteiger partial charge in [0.15, 0.2) is 8.32 Å². The summed E-state index contributed by atoms with van der Waals surface area (Å²) >= 11 is 0. The largest absolute Gasteiger partial charge is 0.416 e. The van der Waals surface area contributed by atoms with E-state index >= 15 is 0 Å². The number of allylic oxidation sites excluding steroid dienone is 1. The molecule has 2 unspecified atom stereocenters. The molecule has 0 amide bonds. The zero-order valence-electron chi connectivity index (χ0n) is 22.3. The van der Waals surface area contributed by atoms with E-state index in [1.54, 1.807) is 0 Å². The van der Waals surface area contributed by atoms with Gasteiger partial charge in [0.2, 0.25) is 0 Å².